The molecule has 94 valence electrons. The minimum atomic E-state index is -0.357. The monoisotopic (exact) mass is 263 g/mol. The second-order valence-corrected chi connectivity index (χ2v) is 4.96. The molecule has 0 aromatic carbocycles. The van der Waals surface area contributed by atoms with Crippen molar-refractivity contribution in [3.05, 3.63) is 44.8 Å². The SMILES string of the molecule is CCc1nc(NC(=O)c2cccc(=O)[nH]2)sc1C. The molecule has 0 bridgehead atoms. The summed E-state index contributed by atoms with van der Waals surface area (Å²) < 4.78 is 0. The first kappa shape index (κ1) is 12.5. The van der Waals surface area contributed by atoms with Crippen LogP contribution in [0.3, 0.4) is 0 Å². The molecule has 2 aromatic heterocycles. The quantitative estimate of drug-likeness (QED) is 0.888. The molecule has 0 atom stereocenters. The number of aryl methyl sites for hydroxylation is 2. The maximum absolute atomic E-state index is 11.9. The topological polar surface area (TPSA) is 74.8 Å². The number of pyridine rings is 1. The Bertz CT molecular complexity index is 630. The highest BCUT2D eigenvalue weighted by Crippen LogP contribution is 2.22. The Kier molecular flexibility index (Phi) is 3.57. The molecule has 0 aliphatic carbocycles. The number of nitrogens with one attached hydrogen (secondary N) is 2. The Hall–Kier alpha value is -1.95. The number of rotatable bonds is 3. The molecule has 2 N–H and O–H groups in total. The van der Waals surface area contributed by atoms with Crippen LogP contribution in [0.5, 0.6) is 0 Å². The summed E-state index contributed by atoms with van der Waals surface area (Å²) in [4.78, 5) is 30.8. The van der Waals surface area contributed by atoms with Crippen molar-refractivity contribution in [3.8, 4) is 0 Å². The van der Waals surface area contributed by atoms with Crippen molar-refractivity contribution in [1.82, 2.24) is 9.97 Å². The van der Waals surface area contributed by atoms with E-state index in [1.54, 1.807) is 6.07 Å². The molecule has 0 spiro atoms. The molecule has 2 aromatic rings. The molecule has 0 aliphatic rings. The Morgan fingerprint density at radius 3 is 2.89 bits per heavy atom. The molecule has 0 aliphatic heterocycles. The van der Waals surface area contributed by atoms with Crippen molar-refractivity contribution in [3.63, 3.8) is 0 Å². The van der Waals surface area contributed by atoms with Gasteiger partial charge in [-0.05, 0) is 19.4 Å². The zero-order valence-electron chi connectivity index (χ0n) is 10.1. The molecular formula is C12H13N3O2S. The predicted molar refractivity (Wildman–Crippen MR) is 71.2 cm³/mol. The zero-order chi connectivity index (χ0) is 13.1. The van der Waals surface area contributed by atoms with Crippen LogP contribution < -0.4 is 10.9 Å². The van der Waals surface area contributed by atoms with E-state index in [1.165, 1.54) is 23.5 Å². The van der Waals surface area contributed by atoms with Gasteiger partial charge in [0.15, 0.2) is 5.13 Å². The highest BCUT2D eigenvalue weighted by Gasteiger charge is 2.11. The van der Waals surface area contributed by atoms with Crippen LogP contribution in [0.25, 0.3) is 0 Å². The lowest BCUT2D eigenvalue weighted by Crippen LogP contribution is -2.17. The number of hydrogen-bond donors (Lipinski definition) is 2. The molecule has 5 nitrogen and oxygen atoms in total. The average Bonchev–Trinajstić information content (AvgIpc) is 2.69. The van der Waals surface area contributed by atoms with Gasteiger partial charge in [0.2, 0.25) is 5.56 Å². The summed E-state index contributed by atoms with van der Waals surface area (Å²) in [7, 11) is 0. The smallest absolute Gasteiger partial charge is 0.273 e. The van der Waals surface area contributed by atoms with Crippen molar-refractivity contribution in [2.45, 2.75) is 20.3 Å². The minimum absolute atomic E-state index is 0.230. The number of amides is 1. The summed E-state index contributed by atoms with van der Waals surface area (Å²) in [5.41, 5.74) is 0.914. The van der Waals surface area contributed by atoms with E-state index >= 15 is 0 Å². The van der Waals surface area contributed by atoms with Gasteiger partial charge in [-0.3, -0.25) is 14.9 Å². The fourth-order valence-electron chi connectivity index (χ4n) is 1.55. The summed E-state index contributed by atoms with van der Waals surface area (Å²) >= 11 is 1.43. The molecule has 18 heavy (non-hydrogen) atoms. The number of aromatic nitrogens is 2. The van der Waals surface area contributed by atoms with Gasteiger partial charge in [0.05, 0.1) is 5.69 Å². The molecule has 6 heteroatoms. The van der Waals surface area contributed by atoms with Gasteiger partial charge in [-0.2, -0.15) is 0 Å². The Morgan fingerprint density at radius 1 is 1.50 bits per heavy atom. The summed E-state index contributed by atoms with van der Waals surface area (Å²) in [6, 6.07) is 4.45. The van der Waals surface area contributed by atoms with E-state index in [1.807, 2.05) is 13.8 Å². The fraction of sp³-hybridized carbons (Fsp3) is 0.250. The lowest BCUT2D eigenvalue weighted by atomic mass is 10.3. The Morgan fingerprint density at radius 2 is 2.28 bits per heavy atom. The van der Waals surface area contributed by atoms with E-state index in [0.29, 0.717) is 5.13 Å². The lowest BCUT2D eigenvalue weighted by molar-refractivity contribution is 0.102. The van der Waals surface area contributed by atoms with Gasteiger partial charge in [0, 0.05) is 10.9 Å². The molecular weight excluding hydrogens is 250 g/mol. The maximum atomic E-state index is 11.9. The van der Waals surface area contributed by atoms with Crippen molar-refractivity contribution in [1.29, 1.82) is 0 Å². The fourth-order valence-corrected chi connectivity index (χ4v) is 2.45. The largest absolute Gasteiger partial charge is 0.318 e. The molecule has 0 unspecified atom stereocenters. The zero-order valence-corrected chi connectivity index (χ0v) is 10.9. The molecule has 1 amide bonds. The van der Waals surface area contributed by atoms with Crippen LogP contribution >= 0.6 is 11.3 Å². The standard InChI is InChI=1S/C12H13N3O2S/c1-3-8-7(2)18-12(14-8)15-11(17)9-5-4-6-10(16)13-9/h4-6H,3H2,1-2H3,(H,13,16)(H,14,15,17). The van der Waals surface area contributed by atoms with E-state index in [-0.39, 0.29) is 17.2 Å². The maximum Gasteiger partial charge on any atom is 0.273 e. The number of carbonyl (C=O) groups excluding carboxylic acids is 1. The summed E-state index contributed by atoms with van der Waals surface area (Å²) in [5.74, 6) is -0.357. The molecule has 0 radical (unpaired) electrons. The van der Waals surface area contributed by atoms with Crippen LogP contribution in [0.1, 0.15) is 28.0 Å². The van der Waals surface area contributed by atoms with Crippen LogP contribution in [-0.2, 0) is 6.42 Å². The summed E-state index contributed by atoms with van der Waals surface area (Å²) in [6.45, 7) is 3.99. The Balaban J connectivity index is 2.18. The second kappa shape index (κ2) is 5.14. The highest BCUT2D eigenvalue weighted by molar-refractivity contribution is 7.15. The third-order valence-corrected chi connectivity index (χ3v) is 3.39. The lowest BCUT2D eigenvalue weighted by Gasteiger charge is -2.00. The highest BCUT2D eigenvalue weighted by atomic mass is 32.1. The van der Waals surface area contributed by atoms with Gasteiger partial charge in [0.25, 0.3) is 5.91 Å². The molecule has 2 heterocycles. The van der Waals surface area contributed by atoms with E-state index in [4.69, 9.17) is 0 Å². The average molecular weight is 263 g/mol. The molecule has 0 fully saturated rings. The number of aromatic amines is 1. The third-order valence-electron chi connectivity index (χ3n) is 2.46. The van der Waals surface area contributed by atoms with Crippen LogP contribution in [0.2, 0.25) is 0 Å². The van der Waals surface area contributed by atoms with Crippen LogP contribution in [-0.4, -0.2) is 15.9 Å². The van der Waals surface area contributed by atoms with Crippen molar-refractivity contribution in [2.24, 2.45) is 0 Å². The first-order valence-electron chi connectivity index (χ1n) is 5.57. The Labute approximate surface area is 108 Å². The predicted octanol–water partition coefficient (Wildman–Crippen LogP) is 1.95. The van der Waals surface area contributed by atoms with Crippen molar-refractivity contribution < 1.29 is 4.79 Å². The molecule has 2 rings (SSSR count). The van der Waals surface area contributed by atoms with Gasteiger partial charge < -0.3 is 4.98 Å². The first-order chi connectivity index (χ1) is 8.60. The van der Waals surface area contributed by atoms with Crippen LogP contribution in [0, 0.1) is 6.92 Å². The van der Waals surface area contributed by atoms with Gasteiger partial charge in [-0.15, -0.1) is 11.3 Å². The number of nitrogens with zero attached hydrogens (tertiary/aromatic N) is 1. The van der Waals surface area contributed by atoms with E-state index in [0.717, 1.165) is 17.0 Å². The number of thiazole rings is 1. The van der Waals surface area contributed by atoms with E-state index in [2.05, 4.69) is 15.3 Å². The number of carbonyl (C=O) groups is 1. The number of anilines is 1. The van der Waals surface area contributed by atoms with Crippen molar-refractivity contribution in [2.75, 3.05) is 5.32 Å². The first-order valence-corrected chi connectivity index (χ1v) is 6.38. The molecule has 0 saturated carbocycles. The minimum Gasteiger partial charge on any atom is -0.318 e. The number of hydrogen-bond acceptors (Lipinski definition) is 4. The van der Waals surface area contributed by atoms with Crippen LogP contribution in [0.4, 0.5) is 5.13 Å². The van der Waals surface area contributed by atoms with Gasteiger partial charge in [-0.25, -0.2) is 4.98 Å². The third kappa shape index (κ3) is 2.65. The van der Waals surface area contributed by atoms with Crippen LogP contribution in [0.15, 0.2) is 23.0 Å². The second-order valence-electron chi connectivity index (χ2n) is 3.76. The van der Waals surface area contributed by atoms with E-state index < -0.39 is 0 Å². The van der Waals surface area contributed by atoms with Gasteiger partial charge in [-0.1, -0.05) is 13.0 Å². The summed E-state index contributed by atoms with van der Waals surface area (Å²) in [5, 5.41) is 3.23. The molecule has 0 saturated heterocycles. The number of H-pyrrole nitrogens is 1. The van der Waals surface area contributed by atoms with Gasteiger partial charge in [0.1, 0.15) is 5.69 Å². The van der Waals surface area contributed by atoms with Gasteiger partial charge >= 0.3 is 0 Å². The van der Waals surface area contributed by atoms with Crippen molar-refractivity contribution >= 4 is 22.4 Å². The summed E-state index contributed by atoms with van der Waals surface area (Å²) in [6.07, 6.45) is 0.834. The normalized spacial score (nSPS) is 10.3. The van der Waals surface area contributed by atoms with E-state index in [9.17, 15) is 9.59 Å².